The topological polar surface area (TPSA) is 46.0 Å². The molecule has 0 aliphatic carbocycles. The molecule has 3 nitrogen and oxygen atoms in total. The fourth-order valence-corrected chi connectivity index (χ4v) is 0.731. The zero-order chi connectivity index (χ0) is 6.69. The van der Waals surface area contributed by atoms with Gasteiger partial charge in [0.2, 0.25) is 0 Å². The minimum Gasteiger partial charge on any atom is -0.505 e. The summed E-state index contributed by atoms with van der Waals surface area (Å²) in [5.74, 6) is 0.104. The van der Waals surface area contributed by atoms with Crippen molar-refractivity contribution in [3.63, 3.8) is 0 Å². The van der Waals surface area contributed by atoms with Gasteiger partial charge in [0.05, 0.1) is 12.4 Å². The third kappa shape index (κ3) is 1.57. The summed E-state index contributed by atoms with van der Waals surface area (Å²) in [5.41, 5.74) is 0. The third-order valence-corrected chi connectivity index (χ3v) is 1.37. The number of thioether (sulfide) groups is 1. The van der Waals surface area contributed by atoms with E-state index in [9.17, 15) is 0 Å². The van der Waals surface area contributed by atoms with Gasteiger partial charge in [-0.3, -0.25) is 0 Å². The third-order valence-electron chi connectivity index (χ3n) is 0.797. The lowest BCUT2D eigenvalue weighted by molar-refractivity contribution is 0.467. The van der Waals surface area contributed by atoms with Gasteiger partial charge in [0.25, 0.3) is 0 Å². The van der Waals surface area contributed by atoms with E-state index in [4.69, 9.17) is 5.11 Å². The molecule has 1 aromatic rings. The molecule has 0 saturated heterocycles. The van der Waals surface area contributed by atoms with Gasteiger partial charge >= 0.3 is 0 Å². The number of hydrogen-bond donors (Lipinski definition) is 1. The first kappa shape index (κ1) is 6.35. The van der Waals surface area contributed by atoms with Gasteiger partial charge in [-0.15, -0.1) is 0 Å². The van der Waals surface area contributed by atoms with E-state index in [0.717, 1.165) is 0 Å². The minimum atomic E-state index is 0.104. The van der Waals surface area contributed by atoms with Crippen LogP contribution in [0.15, 0.2) is 17.6 Å². The highest BCUT2D eigenvalue weighted by atomic mass is 32.2. The summed E-state index contributed by atoms with van der Waals surface area (Å²) in [7, 11) is 0. The SMILES string of the molecule is CSc1ncc(O)cn1. The maximum Gasteiger partial charge on any atom is 0.187 e. The van der Waals surface area contributed by atoms with Crippen LogP contribution in [0.4, 0.5) is 0 Å². The molecule has 1 N–H and O–H groups in total. The molecule has 0 aromatic carbocycles. The van der Waals surface area contributed by atoms with E-state index in [0.29, 0.717) is 5.16 Å². The molecule has 0 bridgehead atoms. The monoisotopic (exact) mass is 142 g/mol. The lowest BCUT2D eigenvalue weighted by atomic mass is 10.6. The highest BCUT2D eigenvalue weighted by Crippen LogP contribution is 2.09. The van der Waals surface area contributed by atoms with Crippen molar-refractivity contribution in [3.05, 3.63) is 12.4 Å². The summed E-state index contributed by atoms with van der Waals surface area (Å²) >= 11 is 1.44. The maximum atomic E-state index is 8.72. The van der Waals surface area contributed by atoms with Gasteiger partial charge in [-0.1, -0.05) is 11.8 Å². The maximum absolute atomic E-state index is 8.72. The molecule has 0 atom stereocenters. The summed E-state index contributed by atoms with van der Waals surface area (Å²) < 4.78 is 0. The van der Waals surface area contributed by atoms with Gasteiger partial charge in [-0.25, -0.2) is 9.97 Å². The predicted octanol–water partition coefficient (Wildman–Crippen LogP) is 0.904. The van der Waals surface area contributed by atoms with E-state index in [1.54, 1.807) is 0 Å². The molecule has 0 spiro atoms. The highest BCUT2D eigenvalue weighted by Gasteiger charge is 1.90. The van der Waals surface area contributed by atoms with Crippen molar-refractivity contribution in [2.75, 3.05) is 6.26 Å². The molecule has 0 aliphatic rings. The van der Waals surface area contributed by atoms with Crippen LogP contribution in [0.1, 0.15) is 0 Å². The fourth-order valence-electron chi connectivity index (χ4n) is 0.415. The summed E-state index contributed by atoms with van der Waals surface area (Å²) in [6, 6.07) is 0. The second-order valence-corrected chi connectivity index (χ2v) is 2.20. The fraction of sp³-hybridized carbons (Fsp3) is 0.200. The normalized spacial score (nSPS) is 9.44. The molecule has 0 fully saturated rings. The minimum absolute atomic E-state index is 0.104. The van der Waals surface area contributed by atoms with Gasteiger partial charge < -0.3 is 5.11 Å². The van der Waals surface area contributed by atoms with Crippen molar-refractivity contribution < 1.29 is 5.11 Å². The van der Waals surface area contributed by atoms with E-state index in [2.05, 4.69) is 9.97 Å². The van der Waals surface area contributed by atoms with Crippen molar-refractivity contribution in [2.45, 2.75) is 5.16 Å². The summed E-state index contributed by atoms with van der Waals surface area (Å²) in [6.07, 6.45) is 4.63. The second kappa shape index (κ2) is 2.68. The number of nitrogens with zero attached hydrogens (tertiary/aromatic N) is 2. The number of aromatic hydroxyl groups is 1. The van der Waals surface area contributed by atoms with Crippen molar-refractivity contribution in [3.8, 4) is 5.75 Å². The Balaban J connectivity index is 2.88. The number of aromatic nitrogens is 2. The number of rotatable bonds is 1. The molecule has 0 unspecified atom stereocenters. The average molecular weight is 142 g/mol. The Morgan fingerprint density at radius 1 is 1.44 bits per heavy atom. The molecule has 0 saturated carbocycles. The van der Waals surface area contributed by atoms with Crippen molar-refractivity contribution in [1.82, 2.24) is 9.97 Å². The first-order valence-electron chi connectivity index (χ1n) is 2.38. The Kier molecular flexibility index (Phi) is 1.89. The summed E-state index contributed by atoms with van der Waals surface area (Å²) in [4.78, 5) is 7.60. The Hall–Kier alpha value is -0.770. The van der Waals surface area contributed by atoms with Crippen LogP contribution in [-0.2, 0) is 0 Å². The van der Waals surface area contributed by atoms with Gasteiger partial charge in [0.1, 0.15) is 0 Å². The van der Waals surface area contributed by atoms with Crippen molar-refractivity contribution in [2.24, 2.45) is 0 Å². The van der Waals surface area contributed by atoms with E-state index in [-0.39, 0.29) is 5.75 Å². The molecule has 1 rings (SSSR count). The molecular formula is C5H6N2OS. The van der Waals surface area contributed by atoms with Crippen LogP contribution in [0, 0.1) is 0 Å². The van der Waals surface area contributed by atoms with Gasteiger partial charge in [0, 0.05) is 0 Å². The quantitative estimate of drug-likeness (QED) is 0.467. The summed E-state index contributed by atoms with van der Waals surface area (Å²) in [5, 5.41) is 9.39. The largest absolute Gasteiger partial charge is 0.505 e. The zero-order valence-corrected chi connectivity index (χ0v) is 5.72. The first-order valence-corrected chi connectivity index (χ1v) is 3.60. The molecule has 4 heteroatoms. The lowest BCUT2D eigenvalue weighted by Crippen LogP contribution is -1.81. The predicted molar refractivity (Wildman–Crippen MR) is 35.5 cm³/mol. The lowest BCUT2D eigenvalue weighted by Gasteiger charge is -1.91. The summed E-state index contributed by atoms with van der Waals surface area (Å²) in [6.45, 7) is 0. The Bertz CT molecular complexity index is 187. The molecule has 9 heavy (non-hydrogen) atoms. The average Bonchev–Trinajstić information content (AvgIpc) is 1.90. The number of hydrogen-bond acceptors (Lipinski definition) is 4. The van der Waals surface area contributed by atoms with E-state index in [1.807, 2.05) is 6.26 Å². The Labute approximate surface area is 57.2 Å². The van der Waals surface area contributed by atoms with E-state index < -0.39 is 0 Å². The first-order chi connectivity index (χ1) is 4.33. The van der Waals surface area contributed by atoms with Gasteiger partial charge in [0.15, 0.2) is 10.9 Å². The van der Waals surface area contributed by atoms with Crippen LogP contribution in [0.3, 0.4) is 0 Å². The molecule has 1 heterocycles. The van der Waals surface area contributed by atoms with Crippen LogP contribution < -0.4 is 0 Å². The zero-order valence-electron chi connectivity index (χ0n) is 4.90. The van der Waals surface area contributed by atoms with E-state index in [1.165, 1.54) is 24.2 Å². The smallest absolute Gasteiger partial charge is 0.187 e. The van der Waals surface area contributed by atoms with Crippen molar-refractivity contribution >= 4 is 11.8 Å². The second-order valence-electron chi connectivity index (χ2n) is 1.43. The molecule has 0 amide bonds. The molecule has 0 aliphatic heterocycles. The van der Waals surface area contributed by atoms with Crippen LogP contribution in [-0.4, -0.2) is 21.3 Å². The van der Waals surface area contributed by atoms with Crippen LogP contribution in [0.25, 0.3) is 0 Å². The van der Waals surface area contributed by atoms with Crippen LogP contribution in [0.5, 0.6) is 5.75 Å². The van der Waals surface area contributed by atoms with Crippen LogP contribution in [0.2, 0.25) is 0 Å². The molecular weight excluding hydrogens is 136 g/mol. The van der Waals surface area contributed by atoms with Crippen molar-refractivity contribution in [1.29, 1.82) is 0 Å². The van der Waals surface area contributed by atoms with Gasteiger partial charge in [-0.05, 0) is 6.26 Å². The molecule has 1 aromatic heterocycles. The van der Waals surface area contributed by atoms with Crippen LogP contribution >= 0.6 is 11.8 Å². The Morgan fingerprint density at radius 3 is 2.44 bits per heavy atom. The van der Waals surface area contributed by atoms with Gasteiger partial charge in [-0.2, -0.15) is 0 Å². The molecule has 0 radical (unpaired) electrons. The van der Waals surface area contributed by atoms with E-state index >= 15 is 0 Å². The highest BCUT2D eigenvalue weighted by molar-refractivity contribution is 7.98. The molecule has 48 valence electrons. The standard InChI is InChI=1S/C5H6N2OS/c1-9-5-6-2-4(8)3-7-5/h2-3,8H,1H3. The Morgan fingerprint density at radius 2 is 2.00 bits per heavy atom.